The SMILES string of the molecule is CCCc1c(C(=O)O)nnn1-c1ccc(C(=O)NCCO)cc1. The van der Waals surface area contributed by atoms with Crippen LogP contribution in [0.1, 0.15) is 39.9 Å². The Kier molecular flexibility index (Phi) is 5.42. The number of hydrogen-bond donors (Lipinski definition) is 3. The van der Waals surface area contributed by atoms with Gasteiger partial charge in [0.05, 0.1) is 18.0 Å². The number of carbonyl (C=O) groups is 2. The summed E-state index contributed by atoms with van der Waals surface area (Å²) in [6.45, 7) is 2.00. The van der Waals surface area contributed by atoms with Gasteiger partial charge in [0.25, 0.3) is 5.91 Å². The lowest BCUT2D eigenvalue weighted by atomic mass is 10.1. The summed E-state index contributed by atoms with van der Waals surface area (Å²) in [5.41, 5.74) is 1.54. The molecule has 0 atom stereocenters. The van der Waals surface area contributed by atoms with E-state index in [4.69, 9.17) is 10.2 Å². The number of carbonyl (C=O) groups excluding carboxylic acids is 1. The molecule has 0 saturated heterocycles. The van der Waals surface area contributed by atoms with Crippen molar-refractivity contribution in [1.29, 1.82) is 0 Å². The molecule has 8 heteroatoms. The fourth-order valence-corrected chi connectivity index (χ4v) is 2.16. The van der Waals surface area contributed by atoms with E-state index in [1.165, 1.54) is 4.68 Å². The van der Waals surface area contributed by atoms with E-state index >= 15 is 0 Å². The van der Waals surface area contributed by atoms with Crippen LogP contribution in [-0.4, -0.2) is 50.2 Å². The van der Waals surface area contributed by atoms with Gasteiger partial charge in [-0.25, -0.2) is 9.48 Å². The number of nitrogens with zero attached hydrogens (tertiary/aromatic N) is 3. The lowest BCUT2D eigenvalue weighted by molar-refractivity contribution is 0.0689. The van der Waals surface area contributed by atoms with Gasteiger partial charge in [-0.3, -0.25) is 4.79 Å². The molecule has 0 aliphatic heterocycles. The number of aliphatic hydroxyl groups excluding tert-OH is 1. The number of benzene rings is 1. The van der Waals surface area contributed by atoms with E-state index in [9.17, 15) is 9.59 Å². The monoisotopic (exact) mass is 318 g/mol. The summed E-state index contributed by atoms with van der Waals surface area (Å²) >= 11 is 0. The summed E-state index contributed by atoms with van der Waals surface area (Å²) in [6, 6.07) is 6.57. The van der Waals surface area contributed by atoms with Crippen LogP contribution in [0, 0.1) is 0 Å². The normalized spacial score (nSPS) is 10.5. The van der Waals surface area contributed by atoms with Crippen LogP contribution in [0.3, 0.4) is 0 Å². The van der Waals surface area contributed by atoms with E-state index in [0.717, 1.165) is 6.42 Å². The van der Waals surface area contributed by atoms with Gasteiger partial charge in [0, 0.05) is 12.1 Å². The first-order chi connectivity index (χ1) is 11.1. The van der Waals surface area contributed by atoms with Crippen LogP contribution < -0.4 is 5.32 Å². The number of rotatable bonds is 7. The van der Waals surface area contributed by atoms with Crippen LogP contribution in [0.25, 0.3) is 5.69 Å². The zero-order chi connectivity index (χ0) is 16.8. The number of amides is 1. The zero-order valence-corrected chi connectivity index (χ0v) is 12.7. The minimum atomic E-state index is -1.11. The van der Waals surface area contributed by atoms with Crippen LogP contribution in [0.4, 0.5) is 0 Å². The Morgan fingerprint density at radius 2 is 1.96 bits per heavy atom. The van der Waals surface area contributed by atoms with Gasteiger partial charge in [-0.2, -0.15) is 0 Å². The quantitative estimate of drug-likeness (QED) is 0.689. The van der Waals surface area contributed by atoms with Gasteiger partial charge in [-0.15, -0.1) is 5.10 Å². The Labute approximate surface area is 132 Å². The molecule has 1 aromatic heterocycles. The molecule has 1 amide bonds. The Hall–Kier alpha value is -2.74. The second-order valence-electron chi connectivity index (χ2n) is 4.88. The summed E-state index contributed by atoms with van der Waals surface area (Å²) < 4.78 is 1.47. The average molecular weight is 318 g/mol. The van der Waals surface area contributed by atoms with Gasteiger partial charge in [0.1, 0.15) is 0 Å². The molecule has 1 heterocycles. The fourth-order valence-electron chi connectivity index (χ4n) is 2.16. The topological polar surface area (TPSA) is 117 Å². The second kappa shape index (κ2) is 7.50. The first-order valence-electron chi connectivity index (χ1n) is 7.25. The van der Waals surface area contributed by atoms with Crippen molar-refractivity contribution in [2.45, 2.75) is 19.8 Å². The summed E-state index contributed by atoms with van der Waals surface area (Å²) in [4.78, 5) is 23.0. The van der Waals surface area contributed by atoms with Crippen molar-refractivity contribution < 1.29 is 19.8 Å². The molecule has 8 nitrogen and oxygen atoms in total. The highest BCUT2D eigenvalue weighted by atomic mass is 16.4. The highest BCUT2D eigenvalue weighted by Crippen LogP contribution is 2.16. The Morgan fingerprint density at radius 1 is 1.26 bits per heavy atom. The van der Waals surface area contributed by atoms with Crippen molar-refractivity contribution in [2.75, 3.05) is 13.2 Å². The lowest BCUT2D eigenvalue weighted by Crippen LogP contribution is -2.26. The van der Waals surface area contributed by atoms with Gasteiger partial charge >= 0.3 is 5.97 Å². The maximum absolute atomic E-state index is 11.8. The smallest absolute Gasteiger partial charge is 0.358 e. The third-order valence-electron chi connectivity index (χ3n) is 3.22. The molecule has 1 aromatic carbocycles. The average Bonchev–Trinajstić information content (AvgIpc) is 2.97. The van der Waals surface area contributed by atoms with Gasteiger partial charge < -0.3 is 15.5 Å². The molecule has 122 valence electrons. The van der Waals surface area contributed by atoms with Crippen LogP contribution in [-0.2, 0) is 6.42 Å². The molecule has 0 spiro atoms. The molecular weight excluding hydrogens is 300 g/mol. The Morgan fingerprint density at radius 3 is 2.52 bits per heavy atom. The number of hydrogen-bond acceptors (Lipinski definition) is 5. The molecule has 23 heavy (non-hydrogen) atoms. The zero-order valence-electron chi connectivity index (χ0n) is 12.7. The number of nitrogens with one attached hydrogen (secondary N) is 1. The van der Waals surface area contributed by atoms with Crippen molar-refractivity contribution in [3.05, 3.63) is 41.2 Å². The standard InChI is InChI=1S/C15H18N4O4/c1-2-3-12-13(15(22)23)17-18-19(12)11-6-4-10(5-7-11)14(21)16-8-9-20/h4-7,20H,2-3,8-9H2,1H3,(H,16,21)(H,22,23). The van der Waals surface area contributed by atoms with E-state index < -0.39 is 5.97 Å². The maximum atomic E-state index is 11.8. The molecule has 0 saturated carbocycles. The summed E-state index contributed by atoms with van der Waals surface area (Å²) in [7, 11) is 0. The molecule has 0 aliphatic carbocycles. The number of aliphatic hydroxyl groups is 1. The maximum Gasteiger partial charge on any atom is 0.358 e. The van der Waals surface area contributed by atoms with E-state index in [-0.39, 0.29) is 24.8 Å². The van der Waals surface area contributed by atoms with E-state index in [1.807, 2.05) is 6.92 Å². The van der Waals surface area contributed by atoms with E-state index in [0.29, 0.717) is 23.4 Å². The molecule has 0 bridgehead atoms. The molecule has 0 aliphatic rings. The summed E-state index contributed by atoms with van der Waals surface area (Å²) in [6.07, 6.45) is 1.29. The van der Waals surface area contributed by atoms with E-state index in [1.54, 1.807) is 24.3 Å². The van der Waals surface area contributed by atoms with Crippen LogP contribution in [0.15, 0.2) is 24.3 Å². The molecule has 2 aromatic rings. The third kappa shape index (κ3) is 3.72. The lowest BCUT2D eigenvalue weighted by Gasteiger charge is -2.07. The highest BCUT2D eigenvalue weighted by molar-refractivity contribution is 5.94. The minimum Gasteiger partial charge on any atom is -0.476 e. The second-order valence-corrected chi connectivity index (χ2v) is 4.88. The van der Waals surface area contributed by atoms with Crippen LogP contribution in [0.2, 0.25) is 0 Å². The van der Waals surface area contributed by atoms with Crippen LogP contribution in [0.5, 0.6) is 0 Å². The van der Waals surface area contributed by atoms with Crippen molar-refractivity contribution >= 4 is 11.9 Å². The molecule has 2 rings (SSSR count). The fraction of sp³-hybridized carbons (Fsp3) is 0.333. The first kappa shape index (κ1) is 16.6. The summed E-state index contributed by atoms with van der Waals surface area (Å²) in [5, 5.41) is 28.0. The number of carboxylic acids is 1. The minimum absolute atomic E-state index is 0.0587. The number of aromatic nitrogens is 3. The molecular formula is C15H18N4O4. The Balaban J connectivity index is 2.29. The van der Waals surface area contributed by atoms with Crippen molar-refractivity contribution in [3.63, 3.8) is 0 Å². The molecule has 3 N–H and O–H groups in total. The number of aromatic carboxylic acids is 1. The predicted molar refractivity (Wildman–Crippen MR) is 81.7 cm³/mol. The third-order valence-corrected chi connectivity index (χ3v) is 3.22. The number of carboxylic acid groups (broad SMARTS) is 1. The summed E-state index contributed by atoms with van der Waals surface area (Å²) in [5.74, 6) is -1.40. The van der Waals surface area contributed by atoms with Crippen LogP contribution >= 0.6 is 0 Å². The molecule has 0 fully saturated rings. The largest absolute Gasteiger partial charge is 0.476 e. The van der Waals surface area contributed by atoms with Gasteiger partial charge in [-0.1, -0.05) is 18.6 Å². The highest BCUT2D eigenvalue weighted by Gasteiger charge is 2.19. The molecule has 0 unspecified atom stereocenters. The van der Waals surface area contributed by atoms with Gasteiger partial charge in [0.2, 0.25) is 0 Å². The van der Waals surface area contributed by atoms with Gasteiger partial charge in [-0.05, 0) is 30.7 Å². The Bertz CT molecular complexity index is 694. The van der Waals surface area contributed by atoms with Gasteiger partial charge in [0.15, 0.2) is 5.69 Å². The van der Waals surface area contributed by atoms with E-state index in [2.05, 4.69) is 15.6 Å². The van der Waals surface area contributed by atoms with Crippen molar-refractivity contribution in [3.8, 4) is 5.69 Å². The van der Waals surface area contributed by atoms with Crippen molar-refractivity contribution in [1.82, 2.24) is 20.3 Å². The van der Waals surface area contributed by atoms with Crippen molar-refractivity contribution in [2.24, 2.45) is 0 Å². The first-order valence-corrected chi connectivity index (χ1v) is 7.25. The predicted octanol–water partition coefficient (Wildman–Crippen LogP) is 0.640. The molecule has 0 radical (unpaired) electrons.